The molecule has 0 aromatic heterocycles. The van der Waals surface area contributed by atoms with Gasteiger partial charge in [-0.1, -0.05) is 0 Å². The Morgan fingerprint density at radius 3 is 2.58 bits per heavy atom. The van der Waals surface area contributed by atoms with Crippen molar-refractivity contribution in [2.75, 3.05) is 26.2 Å². The molecule has 0 aromatic rings. The minimum absolute atomic E-state index is 0.138. The lowest BCUT2D eigenvalue weighted by atomic mass is 9.81. The molecule has 1 amide bonds. The molecule has 2 heterocycles. The molecule has 0 unspecified atom stereocenters. The van der Waals surface area contributed by atoms with Crippen LogP contribution in [-0.2, 0) is 4.74 Å². The van der Waals surface area contributed by atoms with Crippen molar-refractivity contribution < 1.29 is 9.53 Å². The average Bonchev–Trinajstić information content (AvgIpc) is 2.38. The Bertz CT molecular complexity index is 306. The monoisotopic (exact) mass is 268 g/mol. The first-order valence-corrected chi connectivity index (χ1v) is 7.64. The van der Waals surface area contributed by atoms with Crippen LogP contribution in [0.5, 0.6) is 0 Å². The van der Waals surface area contributed by atoms with Gasteiger partial charge in [-0.25, -0.2) is 4.79 Å². The molecule has 1 N–H and O–H groups in total. The second-order valence-electron chi connectivity index (χ2n) is 6.94. The van der Waals surface area contributed by atoms with E-state index in [0.717, 1.165) is 38.5 Å². The van der Waals surface area contributed by atoms with Crippen LogP contribution in [0.3, 0.4) is 0 Å². The van der Waals surface area contributed by atoms with E-state index in [4.69, 9.17) is 4.74 Å². The van der Waals surface area contributed by atoms with Crippen molar-refractivity contribution in [2.24, 2.45) is 11.8 Å². The smallest absolute Gasteiger partial charge is 0.410 e. The van der Waals surface area contributed by atoms with Gasteiger partial charge < -0.3 is 15.0 Å². The summed E-state index contributed by atoms with van der Waals surface area (Å²) in [7, 11) is 0. The highest BCUT2D eigenvalue weighted by Gasteiger charge is 2.32. The first kappa shape index (κ1) is 14.6. The number of carbonyl (C=O) groups excluding carboxylic acids is 1. The number of likely N-dealkylation sites (tertiary alicyclic amines) is 1. The van der Waals surface area contributed by atoms with E-state index in [1.165, 1.54) is 19.3 Å². The zero-order chi connectivity index (χ0) is 13.9. The van der Waals surface area contributed by atoms with Gasteiger partial charge >= 0.3 is 6.09 Å². The molecule has 4 heteroatoms. The molecule has 0 spiro atoms. The van der Waals surface area contributed by atoms with Crippen molar-refractivity contribution in [1.29, 1.82) is 0 Å². The fraction of sp³-hybridized carbons (Fsp3) is 0.933. The van der Waals surface area contributed by atoms with Crippen molar-refractivity contribution in [3.05, 3.63) is 0 Å². The molecule has 2 atom stereocenters. The maximum absolute atomic E-state index is 12.1. The first-order chi connectivity index (χ1) is 8.96. The number of carbonyl (C=O) groups is 1. The molecular weight excluding hydrogens is 240 g/mol. The summed E-state index contributed by atoms with van der Waals surface area (Å²) in [6.45, 7) is 9.78. The van der Waals surface area contributed by atoms with Gasteiger partial charge in [-0.3, -0.25) is 0 Å². The van der Waals surface area contributed by atoms with Crippen LogP contribution >= 0.6 is 0 Å². The quantitative estimate of drug-likeness (QED) is 0.795. The molecule has 2 saturated heterocycles. The second kappa shape index (κ2) is 6.12. The molecule has 2 fully saturated rings. The number of piperidine rings is 2. The Kier molecular flexibility index (Phi) is 4.71. The van der Waals surface area contributed by atoms with Gasteiger partial charge in [0.05, 0.1) is 0 Å². The van der Waals surface area contributed by atoms with E-state index in [9.17, 15) is 4.79 Å². The second-order valence-corrected chi connectivity index (χ2v) is 6.94. The highest BCUT2D eigenvalue weighted by molar-refractivity contribution is 5.68. The summed E-state index contributed by atoms with van der Waals surface area (Å²) in [4.78, 5) is 14.0. The standard InChI is InChI=1S/C15H28N2O2/c1-15(2,3)19-14(18)17-9-5-7-13(11-17)12-6-4-8-16-10-12/h12-13,16H,4-11H2,1-3H3/t12-,13+/m1/s1. The predicted octanol–water partition coefficient (Wildman–Crippen LogP) is 2.63. The molecule has 0 radical (unpaired) electrons. The van der Waals surface area contributed by atoms with E-state index in [2.05, 4.69) is 5.32 Å². The van der Waals surface area contributed by atoms with Crippen LogP contribution in [0.4, 0.5) is 4.79 Å². The Morgan fingerprint density at radius 2 is 1.95 bits per heavy atom. The molecule has 110 valence electrons. The van der Waals surface area contributed by atoms with Crippen molar-refractivity contribution in [1.82, 2.24) is 10.2 Å². The lowest BCUT2D eigenvalue weighted by molar-refractivity contribution is 0.0120. The van der Waals surface area contributed by atoms with E-state index in [-0.39, 0.29) is 6.09 Å². The molecule has 4 nitrogen and oxygen atoms in total. The van der Waals surface area contributed by atoms with Crippen LogP contribution in [0.1, 0.15) is 46.5 Å². The van der Waals surface area contributed by atoms with Gasteiger partial charge in [0.15, 0.2) is 0 Å². The van der Waals surface area contributed by atoms with Crippen LogP contribution in [0.15, 0.2) is 0 Å². The van der Waals surface area contributed by atoms with E-state index < -0.39 is 5.60 Å². The maximum Gasteiger partial charge on any atom is 0.410 e. The van der Waals surface area contributed by atoms with Crippen molar-refractivity contribution in [3.63, 3.8) is 0 Å². The van der Waals surface area contributed by atoms with E-state index in [1.807, 2.05) is 25.7 Å². The number of nitrogens with one attached hydrogen (secondary N) is 1. The summed E-state index contributed by atoms with van der Waals surface area (Å²) >= 11 is 0. The summed E-state index contributed by atoms with van der Waals surface area (Å²) in [5.74, 6) is 1.38. The number of amides is 1. The minimum atomic E-state index is -0.392. The van der Waals surface area contributed by atoms with Gasteiger partial charge in [-0.2, -0.15) is 0 Å². The summed E-state index contributed by atoms with van der Waals surface area (Å²) < 4.78 is 5.48. The molecular formula is C15H28N2O2. The first-order valence-electron chi connectivity index (χ1n) is 7.64. The Balaban J connectivity index is 1.87. The topological polar surface area (TPSA) is 41.6 Å². The third kappa shape index (κ3) is 4.37. The Morgan fingerprint density at radius 1 is 1.21 bits per heavy atom. The van der Waals surface area contributed by atoms with E-state index >= 15 is 0 Å². The van der Waals surface area contributed by atoms with Crippen molar-refractivity contribution >= 4 is 6.09 Å². The summed E-state index contributed by atoms with van der Waals surface area (Å²) in [5, 5.41) is 3.48. The molecule has 19 heavy (non-hydrogen) atoms. The summed E-state index contributed by atoms with van der Waals surface area (Å²) in [5.41, 5.74) is -0.392. The van der Waals surface area contributed by atoms with E-state index in [0.29, 0.717) is 5.92 Å². The molecule has 0 bridgehead atoms. The Labute approximate surface area is 116 Å². The third-order valence-corrected chi connectivity index (χ3v) is 4.11. The fourth-order valence-corrected chi connectivity index (χ4v) is 3.17. The maximum atomic E-state index is 12.1. The zero-order valence-electron chi connectivity index (χ0n) is 12.6. The van der Waals surface area contributed by atoms with Crippen LogP contribution in [0, 0.1) is 11.8 Å². The zero-order valence-corrected chi connectivity index (χ0v) is 12.6. The Hall–Kier alpha value is -0.770. The SMILES string of the molecule is CC(C)(C)OC(=O)N1CCC[C@H]([C@@H]2CCCNC2)C1. The van der Waals surface area contributed by atoms with Gasteiger partial charge in [0.25, 0.3) is 0 Å². The number of ether oxygens (including phenoxy) is 1. The van der Waals surface area contributed by atoms with Crippen molar-refractivity contribution in [2.45, 2.75) is 52.1 Å². The fourth-order valence-electron chi connectivity index (χ4n) is 3.17. The van der Waals surface area contributed by atoms with Gasteiger partial charge in [0.2, 0.25) is 0 Å². The third-order valence-electron chi connectivity index (χ3n) is 4.11. The van der Waals surface area contributed by atoms with Crippen LogP contribution in [0.25, 0.3) is 0 Å². The average molecular weight is 268 g/mol. The number of hydrogen-bond acceptors (Lipinski definition) is 3. The largest absolute Gasteiger partial charge is 0.444 e. The molecule has 2 aliphatic heterocycles. The summed E-state index contributed by atoms with van der Waals surface area (Å²) in [6.07, 6.45) is 4.81. The lowest BCUT2D eigenvalue weighted by Gasteiger charge is -2.39. The number of rotatable bonds is 1. The van der Waals surface area contributed by atoms with Crippen LogP contribution in [0.2, 0.25) is 0 Å². The van der Waals surface area contributed by atoms with E-state index in [1.54, 1.807) is 0 Å². The predicted molar refractivity (Wildman–Crippen MR) is 76.1 cm³/mol. The van der Waals surface area contributed by atoms with Gasteiger partial charge in [-0.15, -0.1) is 0 Å². The van der Waals surface area contributed by atoms with Crippen LogP contribution in [-0.4, -0.2) is 42.8 Å². The van der Waals surface area contributed by atoms with Gasteiger partial charge in [0.1, 0.15) is 5.60 Å². The van der Waals surface area contributed by atoms with Crippen LogP contribution < -0.4 is 5.32 Å². The minimum Gasteiger partial charge on any atom is -0.444 e. The lowest BCUT2D eigenvalue weighted by Crippen LogP contribution is -2.46. The van der Waals surface area contributed by atoms with Gasteiger partial charge in [0, 0.05) is 13.1 Å². The highest BCUT2D eigenvalue weighted by atomic mass is 16.6. The normalized spacial score (nSPS) is 29.1. The number of hydrogen-bond donors (Lipinski definition) is 1. The highest BCUT2D eigenvalue weighted by Crippen LogP contribution is 2.29. The molecule has 2 rings (SSSR count). The molecule has 0 aliphatic carbocycles. The van der Waals surface area contributed by atoms with Crippen molar-refractivity contribution in [3.8, 4) is 0 Å². The summed E-state index contributed by atoms with van der Waals surface area (Å²) in [6, 6.07) is 0. The molecule has 0 saturated carbocycles. The molecule has 2 aliphatic rings. The van der Waals surface area contributed by atoms with Gasteiger partial charge in [-0.05, 0) is 71.4 Å². The molecule has 0 aromatic carbocycles. The number of nitrogens with zero attached hydrogens (tertiary/aromatic N) is 1.